The molecule has 2 unspecified atom stereocenters. The lowest BCUT2D eigenvalue weighted by Gasteiger charge is -2.35. The van der Waals surface area contributed by atoms with Gasteiger partial charge in [0, 0.05) is 13.8 Å². The first kappa shape index (κ1) is 25.4. The second-order valence-corrected chi connectivity index (χ2v) is 8.76. The maximum absolute atomic E-state index is 11.6. The van der Waals surface area contributed by atoms with Crippen LogP contribution in [0, 0.1) is 5.92 Å². The van der Waals surface area contributed by atoms with Crippen LogP contribution in [0.5, 0.6) is 0 Å². The van der Waals surface area contributed by atoms with E-state index in [2.05, 4.69) is 33.8 Å². The molecule has 3 atom stereocenters. The minimum atomic E-state index is -0.498. The fraction of sp³-hybridized carbons (Fsp3) is 0.750. The van der Waals surface area contributed by atoms with Crippen molar-refractivity contribution in [2.75, 3.05) is 13.2 Å². The van der Waals surface area contributed by atoms with E-state index in [1.165, 1.54) is 25.8 Å². The third-order valence-corrected chi connectivity index (χ3v) is 5.55. The Hall–Kier alpha value is -1.62. The van der Waals surface area contributed by atoms with Crippen molar-refractivity contribution in [2.45, 2.75) is 98.2 Å². The molecule has 166 valence electrons. The van der Waals surface area contributed by atoms with Crippen molar-refractivity contribution in [2.24, 2.45) is 5.92 Å². The summed E-state index contributed by atoms with van der Waals surface area (Å²) in [7, 11) is 0. The smallest absolute Gasteiger partial charge is 0.303 e. The maximum atomic E-state index is 11.6. The van der Waals surface area contributed by atoms with E-state index in [1.54, 1.807) is 0 Å². The molecule has 0 aromatic rings. The Balaban J connectivity index is 2.65. The third kappa shape index (κ3) is 10.6. The van der Waals surface area contributed by atoms with Crippen LogP contribution in [0.1, 0.15) is 86.5 Å². The van der Waals surface area contributed by atoms with Crippen LogP contribution >= 0.6 is 0 Å². The van der Waals surface area contributed by atoms with Gasteiger partial charge in [-0.2, -0.15) is 0 Å². The van der Waals surface area contributed by atoms with Gasteiger partial charge in [-0.15, -0.1) is 0 Å². The number of hydrogen-bond acceptors (Lipinski definition) is 5. The highest BCUT2D eigenvalue weighted by Gasteiger charge is 2.39. The second-order valence-electron chi connectivity index (χ2n) is 8.76. The molecule has 5 nitrogen and oxygen atoms in total. The average Bonchev–Trinajstić information content (AvgIpc) is 2.75. The molecule has 0 amide bonds. The van der Waals surface area contributed by atoms with Gasteiger partial charge in [-0.25, -0.2) is 0 Å². The Morgan fingerprint density at radius 2 is 1.93 bits per heavy atom. The second kappa shape index (κ2) is 12.8. The molecule has 0 radical (unpaired) electrons. The molecule has 1 saturated heterocycles. The van der Waals surface area contributed by atoms with Gasteiger partial charge < -0.3 is 14.2 Å². The highest BCUT2D eigenvalue weighted by Crippen LogP contribution is 2.34. The summed E-state index contributed by atoms with van der Waals surface area (Å²) >= 11 is 0. The number of rotatable bonds is 10. The molecular weight excluding hydrogens is 368 g/mol. The van der Waals surface area contributed by atoms with E-state index in [4.69, 9.17) is 14.2 Å². The van der Waals surface area contributed by atoms with E-state index in [0.717, 1.165) is 44.1 Å². The number of ether oxygens (including phenoxy) is 3. The molecule has 0 bridgehead atoms. The van der Waals surface area contributed by atoms with E-state index < -0.39 is 5.60 Å². The highest BCUT2D eigenvalue weighted by molar-refractivity contribution is 5.66. The summed E-state index contributed by atoms with van der Waals surface area (Å²) in [5.74, 6) is 0.0938. The molecule has 0 spiro atoms. The Labute approximate surface area is 176 Å². The monoisotopic (exact) mass is 408 g/mol. The van der Waals surface area contributed by atoms with Crippen molar-refractivity contribution in [1.82, 2.24) is 0 Å². The van der Waals surface area contributed by atoms with Gasteiger partial charge in [0.05, 0.1) is 6.61 Å². The third-order valence-electron chi connectivity index (χ3n) is 5.55. The molecule has 29 heavy (non-hydrogen) atoms. The normalized spacial score (nSPS) is 24.5. The van der Waals surface area contributed by atoms with Crippen LogP contribution in [0.15, 0.2) is 23.3 Å². The molecule has 0 saturated carbocycles. The number of carbonyl (C=O) groups excluding carboxylic acids is 2. The van der Waals surface area contributed by atoms with Crippen LogP contribution in [-0.2, 0) is 23.8 Å². The molecule has 1 fully saturated rings. The fourth-order valence-electron chi connectivity index (χ4n) is 3.70. The van der Waals surface area contributed by atoms with Gasteiger partial charge in [-0.1, -0.05) is 31.4 Å². The zero-order valence-corrected chi connectivity index (χ0v) is 19.2. The van der Waals surface area contributed by atoms with Crippen molar-refractivity contribution in [3.8, 4) is 0 Å². The topological polar surface area (TPSA) is 61.8 Å². The van der Waals surface area contributed by atoms with Crippen LogP contribution in [0.2, 0.25) is 0 Å². The lowest BCUT2D eigenvalue weighted by molar-refractivity contribution is -0.167. The summed E-state index contributed by atoms with van der Waals surface area (Å²) in [6, 6.07) is 0. The van der Waals surface area contributed by atoms with Gasteiger partial charge >= 0.3 is 11.9 Å². The molecule has 0 aliphatic carbocycles. The Morgan fingerprint density at radius 1 is 1.21 bits per heavy atom. The number of esters is 2. The lowest BCUT2D eigenvalue weighted by Crippen LogP contribution is -2.43. The molecule has 0 N–H and O–H groups in total. The quantitative estimate of drug-likeness (QED) is 0.351. The predicted octanol–water partition coefficient (Wildman–Crippen LogP) is 5.53. The van der Waals surface area contributed by atoms with Crippen LogP contribution in [-0.4, -0.2) is 36.9 Å². The summed E-state index contributed by atoms with van der Waals surface area (Å²) in [6.07, 6.45) is 10.8. The zero-order chi connectivity index (χ0) is 21.9. The molecule has 1 aliphatic heterocycles. The molecule has 5 heteroatoms. The molecule has 1 aliphatic rings. The Kier molecular flexibility index (Phi) is 11.3. The molecule has 0 aromatic heterocycles. The van der Waals surface area contributed by atoms with Gasteiger partial charge in [0.1, 0.15) is 18.3 Å². The summed E-state index contributed by atoms with van der Waals surface area (Å²) < 4.78 is 16.9. The van der Waals surface area contributed by atoms with Crippen LogP contribution in [0.3, 0.4) is 0 Å². The minimum absolute atomic E-state index is 0.256. The van der Waals surface area contributed by atoms with E-state index >= 15 is 0 Å². The maximum Gasteiger partial charge on any atom is 0.303 e. The average molecular weight is 409 g/mol. The summed E-state index contributed by atoms with van der Waals surface area (Å²) in [6.45, 7) is 12.2. The van der Waals surface area contributed by atoms with Crippen LogP contribution < -0.4 is 0 Å². The van der Waals surface area contributed by atoms with E-state index in [1.807, 2.05) is 6.08 Å². The van der Waals surface area contributed by atoms with Crippen molar-refractivity contribution in [3.05, 3.63) is 23.3 Å². The number of allylic oxidation sites excluding steroid dienone is 2. The van der Waals surface area contributed by atoms with Crippen LogP contribution in [0.25, 0.3) is 0 Å². The number of carbonyl (C=O) groups is 2. The molecule has 0 aromatic carbocycles. The van der Waals surface area contributed by atoms with Gasteiger partial charge in [0.2, 0.25) is 0 Å². The summed E-state index contributed by atoms with van der Waals surface area (Å²) in [4.78, 5) is 22.6. The highest BCUT2D eigenvalue weighted by atomic mass is 16.6. The SMILES string of the molecule is CC(=O)OCC=C1CC[C@@H](OC(C)=O)C(C)(CCCC(C)CCC=C(C)C)OC1. The van der Waals surface area contributed by atoms with Crippen molar-refractivity contribution in [1.29, 1.82) is 0 Å². The zero-order valence-electron chi connectivity index (χ0n) is 19.2. The van der Waals surface area contributed by atoms with Crippen molar-refractivity contribution >= 4 is 11.9 Å². The largest absolute Gasteiger partial charge is 0.462 e. The molecule has 1 rings (SSSR count). The Bertz CT molecular complexity index is 588. The standard InChI is InChI=1S/C24H40O5/c1-18(2)9-7-10-19(3)11-8-15-24(6)23(29-21(5)26)13-12-22(17-28-24)14-16-27-20(4)25/h9,14,19,23H,7-8,10-13,15-17H2,1-6H3/t19?,23-,24?/m1/s1. The van der Waals surface area contributed by atoms with Crippen molar-refractivity contribution in [3.63, 3.8) is 0 Å². The van der Waals surface area contributed by atoms with Gasteiger partial charge in [0.25, 0.3) is 0 Å². The van der Waals surface area contributed by atoms with Gasteiger partial charge in [-0.3, -0.25) is 9.59 Å². The summed E-state index contributed by atoms with van der Waals surface area (Å²) in [5.41, 5.74) is 1.96. The first-order valence-electron chi connectivity index (χ1n) is 10.9. The van der Waals surface area contributed by atoms with E-state index in [0.29, 0.717) is 12.5 Å². The van der Waals surface area contributed by atoms with E-state index in [-0.39, 0.29) is 24.6 Å². The first-order valence-corrected chi connectivity index (χ1v) is 10.9. The van der Waals surface area contributed by atoms with Crippen molar-refractivity contribution < 1.29 is 23.8 Å². The Morgan fingerprint density at radius 3 is 2.55 bits per heavy atom. The lowest BCUT2D eigenvalue weighted by atomic mass is 9.87. The van der Waals surface area contributed by atoms with Gasteiger partial charge in [0.15, 0.2) is 0 Å². The minimum Gasteiger partial charge on any atom is -0.462 e. The fourth-order valence-corrected chi connectivity index (χ4v) is 3.70. The van der Waals surface area contributed by atoms with Crippen LogP contribution in [0.4, 0.5) is 0 Å². The predicted molar refractivity (Wildman–Crippen MR) is 116 cm³/mol. The summed E-state index contributed by atoms with van der Waals surface area (Å²) in [5, 5.41) is 0. The van der Waals surface area contributed by atoms with E-state index in [9.17, 15) is 9.59 Å². The first-order chi connectivity index (χ1) is 13.6. The van der Waals surface area contributed by atoms with Gasteiger partial charge in [-0.05, 0) is 70.4 Å². The molecular formula is C24H40O5. The molecule has 1 heterocycles. The number of hydrogen-bond donors (Lipinski definition) is 0.